The molecule has 1 heterocycles. The molecule has 0 radical (unpaired) electrons. The van der Waals surface area contributed by atoms with Gasteiger partial charge < -0.3 is 10.1 Å². The number of amides is 2. The molecule has 34 heavy (non-hydrogen) atoms. The summed E-state index contributed by atoms with van der Waals surface area (Å²) in [5, 5.41) is 2.98. The molecule has 2 aliphatic rings. The van der Waals surface area contributed by atoms with Crippen LogP contribution in [0.5, 0.6) is 5.75 Å². The van der Waals surface area contributed by atoms with Gasteiger partial charge in [0.2, 0.25) is 0 Å². The van der Waals surface area contributed by atoms with Crippen LogP contribution >= 0.6 is 0 Å². The predicted molar refractivity (Wildman–Crippen MR) is 140 cm³/mol. The summed E-state index contributed by atoms with van der Waals surface area (Å²) in [5.74, 6) is 3.13. The van der Waals surface area contributed by atoms with E-state index in [1.807, 2.05) is 36.4 Å². The fourth-order valence-electron chi connectivity index (χ4n) is 5.39. The van der Waals surface area contributed by atoms with E-state index in [0.717, 1.165) is 34.5 Å². The molecule has 0 bridgehead atoms. The van der Waals surface area contributed by atoms with Crippen LogP contribution < -0.4 is 15.0 Å². The van der Waals surface area contributed by atoms with E-state index in [1.165, 1.54) is 36.8 Å². The maximum absolute atomic E-state index is 12.9. The van der Waals surface area contributed by atoms with Crippen molar-refractivity contribution in [3.63, 3.8) is 0 Å². The molecule has 0 atom stereocenters. The number of carbonyl (C=O) groups is 1. The average molecular weight is 455 g/mol. The zero-order valence-corrected chi connectivity index (χ0v) is 20.2. The summed E-state index contributed by atoms with van der Waals surface area (Å²) in [4.78, 5) is 14.6. The quantitative estimate of drug-likeness (QED) is 0.438. The molecule has 1 aliphatic heterocycles. The lowest BCUT2D eigenvalue weighted by atomic mass is 9.74. The van der Waals surface area contributed by atoms with E-state index in [1.54, 1.807) is 4.90 Å². The van der Waals surface area contributed by atoms with E-state index in [4.69, 9.17) is 4.74 Å². The van der Waals surface area contributed by atoms with Gasteiger partial charge >= 0.3 is 6.03 Å². The summed E-state index contributed by atoms with van der Waals surface area (Å²) in [6.45, 7) is 5.73. The molecule has 4 heteroatoms. The molecule has 1 saturated carbocycles. The Balaban J connectivity index is 1.29. The van der Waals surface area contributed by atoms with Crippen molar-refractivity contribution in [2.75, 3.05) is 23.4 Å². The van der Waals surface area contributed by atoms with Crippen molar-refractivity contribution >= 4 is 17.4 Å². The SMILES string of the molecule is CC(C)C1CCC(c2ccc(-c3ccc4c(c3)OCCN4C(=O)Nc3ccccc3)cc2)CC1. The number of urea groups is 1. The Kier molecular flexibility index (Phi) is 6.57. The van der Waals surface area contributed by atoms with E-state index in [2.05, 4.69) is 55.6 Å². The van der Waals surface area contributed by atoms with Crippen molar-refractivity contribution in [1.29, 1.82) is 0 Å². The largest absolute Gasteiger partial charge is 0.490 e. The first-order valence-corrected chi connectivity index (χ1v) is 12.6. The highest BCUT2D eigenvalue weighted by atomic mass is 16.5. The van der Waals surface area contributed by atoms with Crippen molar-refractivity contribution in [2.45, 2.75) is 45.4 Å². The number of nitrogens with zero attached hydrogens (tertiary/aromatic N) is 1. The van der Waals surface area contributed by atoms with E-state index in [-0.39, 0.29) is 6.03 Å². The molecular weight excluding hydrogens is 420 g/mol. The van der Waals surface area contributed by atoms with Crippen LogP contribution in [0.3, 0.4) is 0 Å². The lowest BCUT2D eigenvalue weighted by molar-refractivity contribution is 0.250. The summed E-state index contributed by atoms with van der Waals surface area (Å²) in [5.41, 5.74) is 5.34. The molecule has 0 aromatic heterocycles. The van der Waals surface area contributed by atoms with Crippen molar-refractivity contribution in [2.24, 2.45) is 11.8 Å². The fourth-order valence-corrected chi connectivity index (χ4v) is 5.39. The number of para-hydroxylation sites is 1. The molecular formula is C30H34N2O2. The fraction of sp³-hybridized carbons (Fsp3) is 0.367. The third-order valence-corrected chi connectivity index (χ3v) is 7.52. The number of fused-ring (bicyclic) bond motifs is 1. The molecule has 1 aliphatic carbocycles. The van der Waals surface area contributed by atoms with Crippen molar-refractivity contribution in [3.8, 4) is 16.9 Å². The number of carbonyl (C=O) groups excluding carboxylic acids is 1. The van der Waals surface area contributed by atoms with Crippen molar-refractivity contribution in [1.82, 2.24) is 0 Å². The second-order valence-corrected chi connectivity index (χ2v) is 9.96. The van der Waals surface area contributed by atoms with Crippen LogP contribution in [0.4, 0.5) is 16.2 Å². The van der Waals surface area contributed by atoms with Gasteiger partial charge in [0.25, 0.3) is 0 Å². The van der Waals surface area contributed by atoms with Crippen LogP contribution in [0, 0.1) is 11.8 Å². The normalized spacial score (nSPS) is 19.9. The number of ether oxygens (including phenoxy) is 1. The number of anilines is 2. The predicted octanol–water partition coefficient (Wildman–Crippen LogP) is 7.71. The molecule has 0 spiro atoms. The van der Waals surface area contributed by atoms with Crippen LogP contribution in [0.25, 0.3) is 11.1 Å². The standard InChI is InChI=1S/C30H34N2O2/c1-21(2)22-8-10-23(11-9-22)24-12-14-25(15-13-24)26-16-17-28-29(20-26)34-19-18-32(28)30(33)31-27-6-4-3-5-7-27/h3-7,12-17,20-23H,8-11,18-19H2,1-2H3,(H,31,33). The van der Waals surface area contributed by atoms with Gasteiger partial charge in [-0.2, -0.15) is 0 Å². The minimum atomic E-state index is -0.139. The lowest BCUT2D eigenvalue weighted by Gasteiger charge is -2.31. The first kappa shape index (κ1) is 22.5. The monoisotopic (exact) mass is 454 g/mol. The van der Waals surface area contributed by atoms with E-state index < -0.39 is 0 Å². The number of hydrogen-bond acceptors (Lipinski definition) is 2. The minimum Gasteiger partial charge on any atom is -0.490 e. The van der Waals surface area contributed by atoms with Gasteiger partial charge in [-0.05, 0) is 84.4 Å². The van der Waals surface area contributed by atoms with Crippen molar-refractivity contribution in [3.05, 3.63) is 78.4 Å². The van der Waals surface area contributed by atoms with Gasteiger partial charge in [0.1, 0.15) is 12.4 Å². The van der Waals surface area contributed by atoms with Gasteiger partial charge in [0.05, 0.1) is 12.2 Å². The topological polar surface area (TPSA) is 41.6 Å². The van der Waals surface area contributed by atoms with Gasteiger partial charge in [-0.1, -0.05) is 62.4 Å². The lowest BCUT2D eigenvalue weighted by Crippen LogP contribution is -2.40. The molecule has 3 aromatic rings. The molecule has 3 aromatic carbocycles. The zero-order chi connectivity index (χ0) is 23.5. The van der Waals surface area contributed by atoms with Gasteiger partial charge in [-0.15, -0.1) is 0 Å². The Hall–Kier alpha value is -3.27. The van der Waals surface area contributed by atoms with E-state index in [0.29, 0.717) is 19.1 Å². The highest BCUT2D eigenvalue weighted by molar-refractivity contribution is 6.03. The van der Waals surface area contributed by atoms with Gasteiger partial charge in [0.15, 0.2) is 0 Å². The van der Waals surface area contributed by atoms with Gasteiger partial charge in [0, 0.05) is 5.69 Å². The summed E-state index contributed by atoms with van der Waals surface area (Å²) < 4.78 is 5.94. The van der Waals surface area contributed by atoms with E-state index >= 15 is 0 Å². The first-order chi connectivity index (χ1) is 16.6. The van der Waals surface area contributed by atoms with Crippen LogP contribution in [-0.4, -0.2) is 19.2 Å². The Morgan fingerprint density at radius 1 is 0.912 bits per heavy atom. The summed E-state index contributed by atoms with van der Waals surface area (Å²) in [6, 6.07) is 24.6. The molecule has 0 saturated heterocycles. The second-order valence-electron chi connectivity index (χ2n) is 9.96. The number of rotatable bonds is 4. The molecule has 0 unspecified atom stereocenters. The van der Waals surface area contributed by atoms with E-state index in [9.17, 15) is 4.79 Å². The number of hydrogen-bond donors (Lipinski definition) is 1. The van der Waals surface area contributed by atoms with Crippen molar-refractivity contribution < 1.29 is 9.53 Å². The Bertz CT molecular complexity index is 1120. The highest BCUT2D eigenvalue weighted by Crippen LogP contribution is 2.40. The Morgan fingerprint density at radius 2 is 1.62 bits per heavy atom. The molecule has 4 nitrogen and oxygen atoms in total. The average Bonchev–Trinajstić information content (AvgIpc) is 2.88. The number of benzene rings is 3. The highest BCUT2D eigenvalue weighted by Gasteiger charge is 2.25. The Morgan fingerprint density at radius 3 is 2.32 bits per heavy atom. The maximum Gasteiger partial charge on any atom is 0.326 e. The minimum absolute atomic E-state index is 0.139. The second kappa shape index (κ2) is 9.92. The Labute approximate surface area is 202 Å². The molecule has 5 rings (SSSR count). The third-order valence-electron chi connectivity index (χ3n) is 7.52. The zero-order valence-electron chi connectivity index (χ0n) is 20.2. The van der Waals surface area contributed by atoms with Crippen LogP contribution in [0.2, 0.25) is 0 Å². The van der Waals surface area contributed by atoms with Crippen LogP contribution in [0.1, 0.15) is 51.0 Å². The van der Waals surface area contributed by atoms with Gasteiger partial charge in [-0.25, -0.2) is 4.79 Å². The molecule has 2 amide bonds. The van der Waals surface area contributed by atoms with Crippen LogP contribution in [0.15, 0.2) is 72.8 Å². The first-order valence-electron chi connectivity index (χ1n) is 12.6. The van der Waals surface area contributed by atoms with Gasteiger partial charge in [-0.3, -0.25) is 4.90 Å². The summed E-state index contributed by atoms with van der Waals surface area (Å²) in [6.07, 6.45) is 5.30. The third kappa shape index (κ3) is 4.82. The maximum atomic E-state index is 12.9. The smallest absolute Gasteiger partial charge is 0.326 e. The van der Waals surface area contributed by atoms with Crippen LogP contribution in [-0.2, 0) is 0 Å². The summed E-state index contributed by atoms with van der Waals surface area (Å²) >= 11 is 0. The molecule has 176 valence electrons. The molecule has 1 fully saturated rings. The number of nitrogens with one attached hydrogen (secondary N) is 1. The molecule has 1 N–H and O–H groups in total. The summed E-state index contributed by atoms with van der Waals surface area (Å²) in [7, 11) is 0.